The van der Waals surface area contributed by atoms with Gasteiger partial charge in [0, 0.05) is 12.1 Å². The lowest BCUT2D eigenvalue weighted by Gasteiger charge is -2.14. The van der Waals surface area contributed by atoms with E-state index in [0.717, 1.165) is 5.76 Å². The second-order valence-electron chi connectivity index (χ2n) is 4.49. The highest BCUT2D eigenvalue weighted by Gasteiger charge is 2.33. The van der Waals surface area contributed by atoms with E-state index in [2.05, 4.69) is 0 Å². The van der Waals surface area contributed by atoms with Crippen molar-refractivity contribution >= 4 is 46.0 Å². The molecular weight excluding hydrogens is 306 g/mol. The first-order chi connectivity index (χ1) is 10.0. The van der Waals surface area contributed by atoms with Crippen molar-refractivity contribution in [3.05, 3.63) is 52.8 Å². The summed E-state index contributed by atoms with van der Waals surface area (Å²) in [5, 5.41) is 9.53. The maximum atomic E-state index is 12.5. The number of aryl methyl sites for hydroxylation is 1. The molecule has 1 aromatic heterocycles. The number of phenolic OH excluding ortho intramolecular Hbond substituents is 1. The average molecular weight is 317 g/mol. The molecule has 0 radical (unpaired) electrons. The Bertz CT molecular complexity index is 764. The highest BCUT2D eigenvalue weighted by molar-refractivity contribution is 8.27. The van der Waals surface area contributed by atoms with Crippen LogP contribution in [0.3, 0.4) is 0 Å². The van der Waals surface area contributed by atoms with Gasteiger partial charge in [-0.15, -0.1) is 0 Å². The number of rotatable bonds is 2. The predicted molar refractivity (Wildman–Crippen MR) is 87.2 cm³/mol. The first-order valence-corrected chi connectivity index (χ1v) is 7.40. The Morgan fingerprint density at radius 2 is 2.14 bits per heavy atom. The Kier molecular flexibility index (Phi) is 3.57. The highest BCUT2D eigenvalue weighted by Crippen LogP contribution is 2.36. The zero-order valence-electron chi connectivity index (χ0n) is 11.1. The van der Waals surface area contributed by atoms with Crippen LogP contribution in [0.25, 0.3) is 6.08 Å². The minimum Gasteiger partial charge on any atom is -0.508 e. The molecule has 2 aromatic rings. The second kappa shape index (κ2) is 5.38. The quantitative estimate of drug-likeness (QED) is 0.676. The van der Waals surface area contributed by atoms with Gasteiger partial charge in [-0.3, -0.25) is 9.69 Å². The smallest absolute Gasteiger partial charge is 0.270 e. The van der Waals surface area contributed by atoms with Crippen LogP contribution < -0.4 is 4.90 Å². The molecule has 0 saturated carbocycles. The van der Waals surface area contributed by atoms with E-state index in [1.54, 1.807) is 30.3 Å². The van der Waals surface area contributed by atoms with Crippen LogP contribution in [0, 0.1) is 6.92 Å². The standard InChI is InChI=1S/C15H11NO3S2/c1-9-5-6-12(19-9)8-13-14(18)16(15(20)21-13)10-3-2-4-11(17)7-10/h2-8,17H,1H3/b13-8+. The zero-order valence-corrected chi connectivity index (χ0v) is 12.7. The van der Waals surface area contributed by atoms with E-state index >= 15 is 0 Å². The van der Waals surface area contributed by atoms with Crippen molar-refractivity contribution in [2.24, 2.45) is 0 Å². The van der Waals surface area contributed by atoms with Crippen LogP contribution in [0.1, 0.15) is 11.5 Å². The van der Waals surface area contributed by atoms with Gasteiger partial charge in [0.05, 0.1) is 10.6 Å². The molecule has 2 heterocycles. The lowest BCUT2D eigenvalue weighted by atomic mass is 10.2. The summed E-state index contributed by atoms with van der Waals surface area (Å²) in [5.41, 5.74) is 0.552. The number of hydrogen-bond acceptors (Lipinski definition) is 5. The molecule has 1 N–H and O–H groups in total. The summed E-state index contributed by atoms with van der Waals surface area (Å²) >= 11 is 6.47. The molecule has 0 bridgehead atoms. The highest BCUT2D eigenvalue weighted by atomic mass is 32.2. The number of anilines is 1. The van der Waals surface area contributed by atoms with Gasteiger partial charge in [-0.2, -0.15) is 0 Å². The van der Waals surface area contributed by atoms with E-state index in [1.165, 1.54) is 22.7 Å². The fourth-order valence-corrected chi connectivity index (χ4v) is 3.26. The third kappa shape index (κ3) is 2.72. The number of furan rings is 1. The van der Waals surface area contributed by atoms with Crippen molar-refractivity contribution in [3.8, 4) is 5.75 Å². The topological polar surface area (TPSA) is 53.7 Å². The van der Waals surface area contributed by atoms with Gasteiger partial charge in [-0.25, -0.2) is 0 Å². The lowest BCUT2D eigenvalue weighted by molar-refractivity contribution is -0.113. The molecule has 0 atom stereocenters. The van der Waals surface area contributed by atoms with Crippen LogP contribution in [0.4, 0.5) is 5.69 Å². The summed E-state index contributed by atoms with van der Waals surface area (Å²) in [6.45, 7) is 1.84. The molecule has 1 aliphatic heterocycles. The summed E-state index contributed by atoms with van der Waals surface area (Å²) in [6.07, 6.45) is 1.68. The molecule has 1 fully saturated rings. The Labute approximate surface area is 131 Å². The van der Waals surface area contributed by atoms with Gasteiger partial charge in [-0.1, -0.05) is 30.0 Å². The minimum absolute atomic E-state index is 0.0900. The van der Waals surface area contributed by atoms with E-state index in [0.29, 0.717) is 20.7 Å². The molecule has 0 unspecified atom stereocenters. The van der Waals surface area contributed by atoms with E-state index < -0.39 is 0 Å². The van der Waals surface area contributed by atoms with Gasteiger partial charge in [0.2, 0.25) is 0 Å². The zero-order chi connectivity index (χ0) is 15.0. The van der Waals surface area contributed by atoms with Crippen molar-refractivity contribution in [2.75, 3.05) is 4.90 Å². The number of amides is 1. The van der Waals surface area contributed by atoms with Crippen molar-refractivity contribution < 1.29 is 14.3 Å². The van der Waals surface area contributed by atoms with Crippen LogP contribution in [0.15, 0.2) is 45.7 Å². The fraction of sp³-hybridized carbons (Fsp3) is 0.0667. The number of aromatic hydroxyl groups is 1. The summed E-state index contributed by atoms with van der Waals surface area (Å²) in [6, 6.07) is 10.1. The first-order valence-electron chi connectivity index (χ1n) is 6.18. The maximum absolute atomic E-state index is 12.5. The van der Waals surface area contributed by atoms with Crippen LogP contribution >= 0.6 is 24.0 Å². The Morgan fingerprint density at radius 1 is 1.33 bits per heavy atom. The van der Waals surface area contributed by atoms with Crippen LogP contribution in [0.5, 0.6) is 5.75 Å². The second-order valence-corrected chi connectivity index (χ2v) is 6.16. The molecular formula is C15H11NO3S2. The summed E-state index contributed by atoms with van der Waals surface area (Å²) in [4.78, 5) is 14.4. The molecule has 1 amide bonds. The van der Waals surface area contributed by atoms with Crippen molar-refractivity contribution in [1.29, 1.82) is 0 Å². The molecule has 3 rings (SSSR count). The van der Waals surface area contributed by atoms with Gasteiger partial charge < -0.3 is 9.52 Å². The fourth-order valence-electron chi connectivity index (χ4n) is 1.98. The number of hydrogen-bond donors (Lipinski definition) is 1. The third-order valence-corrected chi connectivity index (χ3v) is 4.22. The first kappa shape index (κ1) is 13.9. The number of thioether (sulfide) groups is 1. The third-order valence-electron chi connectivity index (χ3n) is 2.92. The summed E-state index contributed by atoms with van der Waals surface area (Å²) < 4.78 is 5.88. The molecule has 1 saturated heterocycles. The Morgan fingerprint density at radius 3 is 2.81 bits per heavy atom. The average Bonchev–Trinajstić information content (AvgIpc) is 2.94. The maximum Gasteiger partial charge on any atom is 0.270 e. The van der Waals surface area contributed by atoms with Crippen molar-refractivity contribution in [1.82, 2.24) is 0 Å². The number of benzene rings is 1. The largest absolute Gasteiger partial charge is 0.508 e. The van der Waals surface area contributed by atoms with E-state index in [1.807, 2.05) is 13.0 Å². The molecule has 21 heavy (non-hydrogen) atoms. The molecule has 106 valence electrons. The number of nitrogens with zero attached hydrogens (tertiary/aromatic N) is 1. The van der Waals surface area contributed by atoms with E-state index in [-0.39, 0.29) is 11.7 Å². The predicted octanol–water partition coefficient (Wildman–Crippen LogP) is 3.70. The van der Waals surface area contributed by atoms with Crippen LogP contribution in [-0.2, 0) is 4.79 Å². The normalized spacial score (nSPS) is 17.0. The van der Waals surface area contributed by atoms with Crippen LogP contribution in [-0.4, -0.2) is 15.3 Å². The van der Waals surface area contributed by atoms with Gasteiger partial charge in [0.15, 0.2) is 4.32 Å². The van der Waals surface area contributed by atoms with Crippen molar-refractivity contribution in [2.45, 2.75) is 6.92 Å². The number of thiocarbonyl (C=S) groups is 1. The summed E-state index contributed by atoms with van der Waals surface area (Å²) in [5.74, 6) is 1.27. The number of carbonyl (C=O) groups excluding carboxylic acids is 1. The molecule has 1 aromatic carbocycles. The molecule has 6 heteroatoms. The molecule has 4 nitrogen and oxygen atoms in total. The summed E-state index contributed by atoms with van der Waals surface area (Å²) in [7, 11) is 0. The van der Waals surface area contributed by atoms with E-state index in [9.17, 15) is 9.90 Å². The Balaban J connectivity index is 1.94. The molecule has 1 aliphatic rings. The van der Waals surface area contributed by atoms with Crippen LogP contribution in [0.2, 0.25) is 0 Å². The van der Waals surface area contributed by atoms with Gasteiger partial charge in [0.1, 0.15) is 17.3 Å². The van der Waals surface area contributed by atoms with Gasteiger partial charge >= 0.3 is 0 Å². The van der Waals surface area contributed by atoms with E-state index in [4.69, 9.17) is 16.6 Å². The number of phenols is 1. The molecule has 0 aliphatic carbocycles. The monoisotopic (exact) mass is 317 g/mol. The lowest BCUT2D eigenvalue weighted by Crippen LogP contribution is -2.27. The number of carbonyl (C=O) groups is 1. The van der Waals surface area contributed by atoms with Gasteiger partial charge in [0.25, 0.3) is 5.91 Å². The molecule has 0 spiro atoms. The van der Waals surface area contributed by atoms with Crippen molar-refractivity contribution in [3.63, 3.8) is 0 Å². The Hall–Kier alpha value is -2.05. The minimum atomic E-state index is -0.218. The van der Waals surface area contributed by atoms with Gasteiger partial charge in [-0.05, 0) is 31.2 Å². The SMILES string of the molecule is Cc1ccc(/C=C2/SC(=S)N(c3cccc(O)c3)C2=O)o1.